The zero-order chi connectivity index (χ0) is 22.3. The normalized spacial score (nSPS) is 12.6. The number of rotatable bonds is 12. The summed E-state index contributed by atoms with van der Waals surface area (Å²) < 4.78 is 3.46. The molecule has 0 spiro atoms. The summed E-state index contributed by atoms with van der Waals surface area (Å²) in [5, 5.41) is 3.02. The summed E-state index contributed by atoms with van der Waals surface area (Å²) in [5.74, 6) is 1.02. The van der Waals surface area contributed by atoms with E-state index in [4.69, 9.17) is 0 Å². The molecule has 0 aliphatic carbocycles. The molecule has 2 rings (SSSR count). The number of hydrogen-bond donors (Lipinski definition) is 2. The zero-order valence-electron chi connectivity index (χ0n) is 19.1. The Bertz CT molecular complexity index is 954. The Morgan fingerprint density at radius 1 is 1.03 bits per heavy atom. The van der Waals surface area contributed by atoms with Gasteiger partial charge < -0.3 is 9.88 Å². The van der Waals surface area contributed by atoms with Crippen LogP contribution in [0, 0.1) is 5.92 Å². The number of amides is 1. The largest absolute Gasteiger partial charge is 0.353 e. The van der Waals surface area contributed by atoms with E-state index in [1.54, 1.807) is 4.57 Å². The first-order valence-electron chi connectivity index (χ1n) is 11.3. The monoisotopic (exact) mass is 419 g/mol. The maximum absolute atomic E-state index is 12.6. The molecule has 0 fully saturated rings. The van der Waals surface area contributed by atoms with Crippen LogP contribution in [0.2, 0.25) is 0 Å². The second-order valence-corrected chi connectivity index (χ2v) is 8.42. The molecule has 0 bridgehead atoms. The summed E-state index contributed by atoms with van der Waals surface area (Å²) >= 11 is 0. The second kappa shape index (κ2) is 11.1. The highest BCUT2D eigenvalue weighted by atomic mass is 16.2. The standard InChI is InChI=1S/C22H37N5O3/c1-6-8-10-14-26-17(11-12-18(28)23-16(5)15(3)4)24-20-19(26)21(29)25-22(30)27(20)13-9-7-2/h15-16H,6-14H2,1-5H3,(H,23,28)(H,25,29,30). The summed E-state index contributed by atoms with van der Waals surface area (Å²) in [4.78, 5) is 44.5. The van der Waals surface area contributed by atoms with E-state index in [0.29, 0.717) is 48.8 Å². The molecule has 2 aromatic heterocycles. The van der Waals surface area contributed by atoms with E-state index in [-0.39, 0.29) is 11.9 Å². The van der Waals surface area contributed by atoms with Gasteiger partial charge in [-0.25, -0.2) is 9.78 Å². The predicted octanol–water partition coefficient (Wildman–Crippen LogP) is 2.97. The van der Waals surface area contributed by atoms with E-state index in [1.165, 1.54) is 0 Å². The number of H-pyrrole nitrogens is 1. The highest BCUT2D eigenvalue weighted by Gasteiger charge is 2.19. The van der Waals surface area contributed by atoms with Crippen LogP contribution >= 0.6 is 0 Å². The molecule has 2 heterocycles. The molecule has 0 aliphatic rings. The van der Waals surface area contributed by atoms with Crippen LogP contribution in [0.3, 0.4) is 0 Å². The highest BCUT2D eigenvalue weighted by Crippen LogP contribution is 2.15. The minimum Gasteiger partial charge on any atom is -0.353 e. The average Bonchev–Trinajstić information content (AvgIpc) is 3.05. The van der Waals surface area contributed by atoms with Crippen molar-refractivity contribution in [1.82, 2.24) is 24.4 Å². The smallest absolute Gasteiger partial charge is 0.330 e. The number of hydrogen-bond acceptors (Lipinski definition) is 4. The summed E-state index contributed by atoms with van der Waals surface area (Å²) in [7, 11) is 0. The minimum absolute atomic E-state index is 0.0272. The maximum Gasteiger partial charge on any atom is 0.330 e. The van der Waals surface area contributed by atoms with E-state index in [9.17, 15) is 14.4 Å². The van der Waals surface area contributed by atoms with Crippen LogP contribution in [-0.2, 0) is 24.3 Å². The van der Waals surface area contributed by atoms with Gasteiger partial charge in [0.15, 0.2) is 11.2 Å². The van der Waals surface area contributed by atoms with Crippen molar-refractivity contribution in [3.05, 3.63) is 26.7 Å². The zero-order valence-corrected chi connectivity index (χ0v) is 19.1. The molecule has 1 atom stereocenters. The Labute approximate surface area is 178 Å². The molecule has 2 aromatic rings. The minimum atomic E-state index is -0.422. The molecule has 0 saturated heterocycles. The Kier molecular flexibility index (Phi) is 8.87. The van der Waals surface area contributed by atoms with E-state index in [1.807, 2.05) is 11.5 Å². The lowest BCUT2D eigenvalue weighted by Crippen LogP contribution is -2.36. The lowest BCUT2D eigenvalue weighted by molar-refractivity contribution is -0.121. The van der Waals surface area contributed by atoms with Crippen molar-refractivity contribution in [1.29, 1.82) is 0 Å². The molecule has 8 heteroatoms. The van der Waals surface area contributed by atoms with E-state index in [0.717, 1.165) is 32.1 Å². The molecule has 1 amide bonds. The van der Waals surface area contributed by atoms with Gasteiger partial charge in [0.2, 0.25) is 5.91 Å². The van der Waals surface area contributed by atoms with Crippen molar-refractivity contribution in [2.45, 2.75) is 98.7 Å². The van der Waals surface area contributed by atoms with Gasteiger partial charge >= 0.3 is 5.69 Å². The molecule has 0 saturated carbocycles. The van der Waals surface area contributed by atoms with Crippen LogP contribution in [-0.4, -0.2) is 31.1 Å². The quantitative estimate of drug-likeness (QED) is 0.516. The molecule has 8 nitrogen and oxygen atoms in total. The molecule has 30 heavy (non-hydrogen) atoms. The molecule has 2 N–H and O–H groups in total. The number of carbonyl (C=O) groups is 1. The van der Waals surface area contributed by atoms with Crippen LogP contribution in [0.25, 0.3) is 11.2 Å². The van der Waals surface area contributed by atoms with Crippen molar-refractivity contribution in [3.8, 4) is 0 Å². The SMILES string of the molecule is CCCCCn1c(CCC(=O)NC(C)C(C)C)nc2c1c(=O)[nH]c(=O)n2CCCC. The van der Waals surface area contributed by atoms with Crippen LogP contribution in [0.5, 0.6) is 0 Å². The van der Waals surface area contributed by atoms with Gasteiger partial charge in [0.25, 0.3) is 5.56 Å². The van der Waals surface area contributed by atoms with Gasteiger partial charge in [-0.3, -0.25) is 19.1 Å². The summed E-state index contributed by atoms with van der Waals surface area (Å²) in [5.41, 5.74) is 0.0394. The van der Waals surface area contributed by atoms with Crippen molar-refractivity contribution in [3.63, 3.8) is 0 Å². The first-order chi connectivity index (χ1) is 14.3. The van der Waals surface area contributed by atoms with Gasteiger partial charge in [0.05, 0.1) is 0 Å². The molecule has 0 aromatic carbocycles. The molecule has 0 radical (unpaired) electrons. The van der Waals surface area contributed by atoms with Crippen molar-refractivity contribution < 1.29 is 4.79 Å². The van der Waals surface area contributed by atoms with Crippen LogP contribution in [0.15, 0.2) is 9.59 Å². The van der Waals surface area contributed by atoms with Gasteiger partial charge in [-0.2, -0.15) is 0 Å². The van der Waals surface area contributed by atoms with Gasteiger partial charge in [0, 0.05) is 32.0 Å². The third-order valence-electron chi connectivity index (χ3n) is 5.65. The fourth-order valence-corrected chi connectivity index (χ4v) is 3.41. The van der Waals surface area contributed by atoms with Crippen molar-refractivity contribution >= 4 is 17.1 Å². The third kappa shape index (κ3) is 5.83. The Hall–Kier alpha value is -2.38. The molecular weight excluding hydrogens is 382 g/mol. The Balaban J connectivity index is 2.39. The number of aromatic nitrogens is 4. The number of imidazole rings is 1. The van der Waals surface area contributed by atoms with Gasteiger partial charge in [-0.1, -0.05) is 47.0 Å². The van der Waals surface area contributed by atoms with Gasteiger partial charge in [-0.05, 0) is 25.7 Å². The lowest BCUT2D eigenvalue weighted by atomic mass is 10.1. The number of nitrogens with one attached hydrogen (secondary N) is 2. The number of carbonyl (C=O) groups excluding carboxylic acids is 1. The molecule has 1 unspecified atom stereocenters. The van der Waals surface area contributed by atoms with Gasteiger partial charge in [0.1, 0.15) is 5.82 Å². The fourth-order valence-electron chi connectivity index (χ4n) is 3.41. The number of aromatic amines is 1. The number of aryl methyl sites for hydroxylation is 3. The number of nitrogens with zero attached hydrogens (tertiary/aromatic N) is 3. The van der Waals surface area contributed by atoms with Crippen LogP contribution < -0.4 is 16.6 Å². The van der Waals surface area contributed by atoms with E-state index in [2.05, 4.69) is 43.0 Å². The Morgan fingerprint density at radius 2 is 1.70 bits per heavy atom. The highest BCUT2D eigenvalue weighted by molar-refractivity contribution is 5.77. The summed E-state index contributed by atoms with van der Waals surface area (Å²) in [6.45, 7) is 11.5. The molecule has 168 valence electrons. The predicted molar refractivity (Wildman–Crippen MR) is 120 cm³/mol. The Morgan fingerprint density at radius 3 is 2.33 bits per heavy atom. The van der Waals surface area contributed by atoms with Gasteiger partial charge in [-0.15, -0.1) is 0 Å². The topological polar surface area (TPSA) is 102 Å². The van der Waals surface area contributed by atoms with Crippen molar-refractivity contribution in [2.75, 3.05) is 0 Å². The average molecular weight is 420 g/mol. The number of unbranched alkanes of at least 4 members (excludes halogenated alkanes) is 3. The van der Waals surface area contributed by atoms with E-state index >= 15 is 0 Å². The first kappa shape index (κ1) is 23.9. The van der Waals surface area contributed by atoms with Crippen molar-refractivity contribution in [2.24, 2.45) is 5.92 Å². The fraction of sp³-hybridized carbons (Fsp3) is 0.727. The van der Waals surface area contributed by atoms with Crippen LogP contribution in [0.4, 0.5) is 0 Å². The third-order valence-corrected chi connectivity index (χ3v) is 5.65. The molecule has 0 aliphatic heterocycles. The maximum atomic E-state index is 12.6. The lowest BCUT2D eigenvalue weighted by Gasteiger charge is -2.17. The second-order valence-electron chi connectivity index (χ2n) is 8.42. The summed E-state index contributed by atoms with van der Waals surface area (Å²) in [6.07, 6.45) is 5.51. The van der Waals surface area contributed by atoms with E-state index < -0.39 is 11.2 Å². The van der Waals surface area contributed by atoms with Crippen LogP contribution in [0.1, 0.15) is 79.0 Å². The summed E-state index contributed by atoms with van der Waals surface area (Å²) in [6, 6.07) is 0.0999. The molecular formula is C22H37N5O3. The first-order valence-corrected chi connectivity index (χ1v) is 11.3. The number of fused-ring (bicyclic) bond motifs is 1.